The first kappa shape index (κ1) is 13.6. The second kappa shape index (κ2) is 4.40. The Morgan fingerprint density at radius 3 is 2.39 bits per heavy atom. The Labute approximate surface area is 104 Å². The molecule has 1 unspecified atom stereocenters. The maximum atomic E-state index is 12.8. The van der Waals surface area contributed by atoms with E-state index < -0.39 is 23.0 Å². The van der Waals surface area contributed by atoms with Crippen LogP contribution in [0.1, 0.15) is 39.0 Å². The number of rotatable bonds is 3. The summed E-state index contributed by atoms with van der Waals surface area (Å²) in [5, 5.41) is 5.38. The highest BCUT2D eigenvalue weighted by Crippen LogP contribution is 2.49. The van der Waals surface area contributed by atoms with Crippen LogP contribution in [0.15, 0.2) is 0 Å². The Kier molecular flexibility index (Phi) is 3.34. The molecule has 0 aromatic rings. The first-order valence-electron chi connectivity index (χ1n) is 6.45. The van der Waals surface area contributed by atoms with Crippen molar-refractivity contribution >= 4 is 5.91 Å². The third-order valence-corrected chi connectivity index (χ3v) is 4.28. The summed E-state index contributed by atoms with van der Waals surface area (Å²) >= 11 is 0. The number of halogens is 3. The Hall–Kier alpha value is -0.780. The minimum Gasteiger partial charge on any atom is -0.341 e. The van der Waals surface area contributed by atoms with Crippen molar-refractivity contribution in [2.45, 2.75) is 50.7 Å². The lowest BCUT2D eigenvalue weighted by Crippen LogP contribution is -2.56. The van der Waals surface area contributed by atoms with E-state index >= 15 is 0 Å². The van der Waals surface area contributed by atoms with E-state index in [9.17, 15) is 18.0 Å². The van der Waals surface area contributed by atoms with Gasteiger partial charge in [-0.05, 0) is 38.6 Å². The minimum absolute atomic E-state index is 0.00939. The maximum absolute atomic E-state index is 12.8. The van der Waals surface area contributed by atoms with Crippen molar-refractivity contribution in [1.29, 1.82) is 0 Å². The van der Waals surface area contributed by atoms with Crippen LogP contribution >= 0.6 is 0 Å². The lowest BCUT2D eigenvalue weighted by atomic mass is 9.77. The lowest BCUT2D eigenvalue weighted by molar-refractivity contribution is -0.173. The van der Waals surface area contributed by atoms with Gasteiger partial charge in [0.2, 0.25) is 5.91 Å². The van der Waals surface area contributed by atoms with E-state index in [1.165, 1.54) is 0 Å². The zero-order valence-electron chi connectivity index (χ0n) is 10.5. The van der Waals surface area contributed by atoms with E-state index in [1.807, 2.05) is 6.92 Å². The normalized spacial score (nSPS) is 30.9. The molecule has 0 aromatic carbocycles. The third-order valence-electron chi connectivity index (χ3n) is 4.28. The van der Waals surface area contributed by atoms with Gasteiger partial charge in [-0.15, -0.1) is 0 Å². The van der Waals surface area contributed by atoms with Crippen molar-refractivity contribution in [3.05, 3.63) is 0 Å². The molecular weight excluding hydrogens is 245 g/mol. The Balaban J connectivity index is 2.07. The summed E-state index contributed by atoms with van der Waals surface area (Å²) in [7, 11) is 0. The van der Waals surface area contributed by atoms with Gasteiger partial charge in [-0.25, -0.2) is 0 Å². The molecule has 1 heterocycles. The molecule has 1 saturated carbocycles. The largest absolute Gasteiger partial charge is 0.411 e. The van der Waals surface area contributed by atoms with Gasteiger partial charge in [0.25, 0.3) is 0 Å². The zero-order valence-corrected chi connectivity index (χ0v) is 10.5. The SMILES string of the molecule is CCC1(C(=O)NC2(C(F)(F)F)CC2)CCCNC1. The van der Waals surface area contributed by atoms with Crippen LogP contribution in [-0.2, 0) is 4.79 Å². The number of piperidine rings is 1. The van der Waals surface area contributed by atoms with Crippen LogP contribution in [-0.4, -0.2) is 30.7 Å². The van der Waals surface area contributed by atoms with Crippen LogP contribution in [0.2, 0.25) is 0 Å². The van der Waals surface area contributed by atoms with Crippen LogP contribution in [0, 0.1) is 5.41 Å². The molecule has 0 spiro atoms. The van der Waals surface area contributed by atoms with Gasteiger partial charge in [0, 0.05) is 6.54 Å². The van der Waals surface area contributed by atoms with Gasteiger partial charge in [0.1, 0.15) is 5.54 Å². The van der Waals surface area contributed by atoms with E-state index in [0.717, 1.165) is 13.0 Å². The Bertz CT molecular complexity index is 331. The molecule has 1 amide bonds. The molecule has 18 heavy (non-hydrogen) atoms. The molecule has 0 radical (unpaired) electrons. The minimum atomic E-state index is -4.33. The quantitative estimate of drug-likeness (QED) is 0.818. The molecule has 2 rings (SSSR count). The monoisotopic (exact) mass is 264 g/mol. The molecule has 104 valence electrons. The van der Waals surface area contributed by atoms with Crippen LogP contribution in [0.5, 0.6) is 0 Å². The van der Waals surface area contributed by atoms with E-state index in [-0.39, 0.29) is 12.8 Å². The van der Waals surface area contributed by atoms with Crippen LogP contribution < -0.4 is 10.6 Å². The van der Waals surface area contributed by atoms with Crippen molar-refractivity contribution < 1.29 is 18.0 Å². The van der Waals surface area contributed by atoms with Gasteiger partial charge in [0.05, 0.1) is 5.41 Å². The number of amides is 1. The van der Waals surface area contributed by atoms with E-state index in [0.29, 0.717) is 19.4 Å². The summed E-state index contributed by atoms with van der Waals surface area (Å²) in [4.78, 5) is 12.2. The summed E-state index contributed by atoms with van der Waals surface area (Å²) in [6.07, 6.45) is -2.25. The number of hydrogen-bond acceptors (Lipinski definition) is 2. The number of carbonyl (C=O) groups excluding carboxylic acids is 1. The van der Waals surface area contributed by atoms with Gasteiger partial charge in [-0.2, -0.15) is 13.2 Å². The Morgan fingerprint density at radius 2 is 2.00 bits per heavy atom. The van der Waals surface area contributed by atoms with Crippen LogP contribution in [0.25, 0.3) is 0 Å². The lowest BCUT2D eigenvalue weighted by Gasteiger charge is -2.37. The first-order chi connectivity index (χ1) is 8.35. The molecule has 2 fully saturated rings. The average molecular weight is 264 g/mol. The summed E-state index contributed by atoms with van der Waals surface area (Å²) < 4.78 is 38.5. The topological polar surface area (TPSA) is 41.1 Å². The number of alkyl halides is 3. The van der Waals surface area contributed by atoms with Gasteiger partial charge in [-0.3, -0.25) is 4.79 Å². The predicted octanol–water partition coefficient (Wildman–Crippen LogP) is 1.98. The van der Waals surface area contributed by atoms with Gasteiger partial charge in [-0.1, -0.05) is 6.92 Å². The summed E-state index contributed by atoms with van der Waals surface area (Å²) in [5.74, 6) is -0.438. The molecule has 1 atom stereocenters. The van der Waals surface area contributed by atoms with Crippen molar-refractivity contribution in [2.75, 3.05) is 13.1 Å². The van der Waals surface area contributed by atoms with E-state index in [2.05, 4.69) is 10.6 Å². The van der Waals surface area contributed by atoms with Crippen molar-refractivity contribution in [3.8, 4) is 0 Å². The first-order valence-corrected chi connectivity index (χ1v) is 6.45. The maximum Gasteiger partial charge on any atom is 0.411 e. The van der Waals surface area contributed by atoms with Crippen molar-refractivity contribution in [3.63, 3.8) is 0 Å². The summed E-state index contributed by atoms with van der Waals surface area (Å²) in [6, 6.07) is 0. The molecule has 0 aromatic heterocycles. The zero-order chi connectivity index (χ0) is 13.4. The molecule has 0 bridgehead atoms. The second-order valence-corrected chi connectivity index (χ2v) is 5.45. The molecule has 3 nitrogen and oxygen atoms in total. The van der Waals surface area contributed by atoms with Gasteiger partial charge >= 0.3 is 6.18 Å². The molecule has 1 aliphatic heterocycles. The third kappa shape index (κ3) is 2.22. The summed E-state index contributed by atoms with van der Waals surface area (Å²) in [5.41, 5.74) is -2.61. The molecule has 1 saturated heterocycles. The average Bonchev–Trinajstić information content (AvgIpc) is 3.10. The predicted molar refractivity (Wildman–Crippen MR) is 61.0 cm³/mol. The highest BCUT2D eigenvalue weighted by molar-refractivity contribution is 5.84. The highest BCUT2D eigenvalue weighted by Gasteiger charge is 2.65. The second-order valence-electron chi connectivity index (χ2n) is 5.45. The molecule has 2 N–H and O–H groups in total. The molecule has 2 aliphatic rings. The fraction of sp³-hybridized carbons (Fsp3) is 0.917. The van der Waals surface area contributed by atoms with Crippen LogP contribution in [0.4, 0.5) is 13.2 Å². The highest BCUT2D eigenvalue weighted by atomic mass is 19.4. The van der Waals surface area contributed by atoms with Gasteiger partial charge in [0.15, 0.2) is 0 Å². The standard InChI is InChI=1S/C12H19F3N2O/c1-2-10(4-3-7-16-8-10)9(18)17-11(5-6-11)12(13,14)15/h16H,2-8H2,1H3,(H,17,18). The molecule has 1 aliphatic carbocycles. The summed E-state index contributed by atoms with van der Waals surface area (Å²) in [6.45, 7) is 3.17. The van der Waals surface area contributed by atoms with Crippen LogP contribution in [0.3, 0.4) is 0 Å². The number of nitrogens with one attached hydrogen (secondary N) is 2. The van der Waals surface area contributed by atoms with E-state index in [4.69, 9.17) is 0 Å². The van der Waals surface area contributed by atoms with E-state index in [1.54, 1.807) is 0 Å². The molecule has 6 heteroatoms. The molecular formula is C12H19F3N2O. The Morgan fingerprint density at radius 1 is 1.33 bits per heavy atom. The van der Waals surface area contributed by atoms with Crippen molar-refractivity contribution in [1.82, 2.24) is 10.6 Å². The van der Waals surface area contributed by atoms with Gasteiger partial charge < -0.3 is 10.6 Å². The fourth-order valence-corrected chi connectivity index (χ4v) is 2.58. The van der Waals surface area contributed by atoms with Crippen molar-refractivity contribution in [2.24, 2.45) is 5.41 Å². The smallest absolute Gasteiger partial charge is 0.341 e. The number of carbonyl (C=O) groups is 1. The fourth-order valence-electron chi connectivity index (χ4n) is 2.58. The number of hydrogen-bond donors (Lipinski definition) is 2.